The van der Waals surface area contributed by atoms with Gasteiger partial charge in [0.25, 0.3) is 0 Å². The van der Waals surface area contributed by atoms with Gasteiger partial charge in [0.15, 0.2) is 0 Å². The molecule has 0 spiro atoms. The highest BCUT2D eigenvalue weighted by molar-refractivity contribution is 5.20. The van der Waals surface area contributed by atoms with E-state index in [1.165, 1.54) is 12.1 Å². The molecule has 1 aliphatic heterocycles. The lowest BCUT2D eigenvalue weighted by Gasteiger charge is -2.32. The lowest BCUT2D eigenvalue weighted by molar-refractivity contribution is 0.00503. The number of nitrogens with zero attached hydrogens (tertiary/aromatic N) is 1. The van der Waals surface area contributed by atoms with Gasteiger partial charge in [-0.3, -0.25) is 4.90 Å². The van der Waals surface area contributed by atoms with E-state index in [0.717, 1.165) is 18.7 Å². The second-order valence-electron chi connectivity index (χ2n) is 3.62. The van der Waals surface area contributed by atoms with Crippen LogP contribution >= 0.6 is 0 Å². The summed E-state index contributed by atoms with van der Waals surface area (Å²) in [6, 6.07) is 6.91. The quantitative estimate of drug-likeness (QED) is 0.677. The Morgan fingerprint density at radius 1 is 1.36 bits per heavy atom. The Balaban J connectivity index is 2.16. The summed E-state index contributed by atoms with van der Waals surface area (Å²) in [6.45, 7) is 2.42. The monoisotopic (exact) mass is 195 g/mol. The molecule has 0 bridgehead atoms. The Bertz CT molecular complexity index is 299. The second-order valence-corrected chi connectivity index (χ2v) is 3.62. The lowest BCUT2D eigenvalue weighted by Crippen LogP contribution is -2.36. The molecule has 0 saturated carbocycles. The molecule has 2 nitrogen and oxygen atoms in total. The predicted molar refractivity (Wildman–Crippen MR) is 52.6 cm³/mol. The number of halogens is 1. The summed E-state index contributed by atoms with van der Waals surface area (Å²) in [5, 5.41) is 0. The zero-order chi connectivity index (χ0) is 9.97. The Morgan fingerprint density at radius 2 is 2.07 bits per heavy atom. The predicted octanol–water partition coefficient (Wildman–Crippen LogP) is 1.83. The van der Waals surface area contributed by atoms with E-state index in [1.807, 2.05) is 12.1 Å². The molecular formula is C11H14FNO. The van der Waals surface area contributed by atoms with Gasteiger partial charge >= 0.3 is 0 Å². The molecule has 1 fully saturated rings. The standard InChI is InChI=1S/C11H14FNO/c1-13-6-7-14-8-11(13)9-2-4-10(12)5-3-9/h2-5,11H,6-8H2,1H3/t11-/m1/s1. The van der Waals surface area contributed by atoms with E-state index in [0.29, 0.717) is 6.61 Å². The first kappa shape index (κ1) is 9.62. The van der Waals surface area contributed by atoms with Crippen LogP contribution in [0.5, 0.6) is 0 Å². The van der Waals surface area contributed by atoms with E-state index in [-0.39, 0.29) is 11.9 Å². The molecule has 1 heterocycles. The molecule has 0 aliphatic carbocycles. The highest BCUT2D eigenvalue weighted by Crippen LogP contribution is 2.22. The summed E-state index contributed by atoms with van der Waals surface area (Å²) >= 11 is 0. The van der Waals surface area contributed by atoms with Crippen molar-refractivity contribution >= 4 is 0 Å². The normalized spacial score (nSPS) is 23.7. The maximum absolute atomic E-state index is 12.7. The topological polar surface area (TPSA) is 12.5 Å². The molecule has 2 rings (SSSR count). The Morgan fingerprint density at radius 3 is 2.71 bits per heavy atom. The van der Waals surface area contributed by atoms with Gasteiger partial charge in [-0.15, -0.1) is 0 Å². The third-order valence-corrected chi connectivity index (χ3v) is 2.65. The average molecular weight is 195 g/mol. The van der Waals surface area contributed by atoms with Crippen LogP contribution in [0.3, 0.4) is 0 Å². The van der Waals surface area contributed by atoms with Crippen LogP contribution in [-0.4, -0.2) is 31.7 Å². The van der Waals surface area contributed by atoms with Crippen molar-refractivity contribution in [3.05, 3.63) is 35.6 Å². The number of likely N-dealkylation sites (N-methyl/N-ethyl adjacent to an activating group) is 1. The van der Waals surface area contributed by atoms with Gasteiger partial charge in [0.2, 0.25) is 0 Å². The Labute approximate surface area is 83.3 Å². The third-order valence-electron chi connectivity index (χ3n) is 2.65. The summed E-state index contributed by atoms with van der Waals surface area (Å²) in [4.78, 5) is 2.23. The fraction of sp³-hybridized carbons (Fsp3) is 0.455. The lowest BCUT2D eigenvalue weighted by atomic mass is 10.1. The third kappa shape index (κ3) is 1.94. The molecule has 14 heavy (non-hydrogen) atoms. The van der Waals surface area contributed by atoms with Crippen LogP contribution in [0, 0.1) is 5.82 Å². The minimum Gasteiger partial charge on any atom is -0.378 e. The van der Waals surface area contributed by atoms with E-state index in [9.17, 15) is 4.39 Å². The van der Waals surface area contributed by atoms with Gasteiger partial charge < -0.3 is 4.74 Å². The van der Waals surface area contributed by atoms with Crippen LogP contribution in [0.25, 0.3) is 0 Å². The van der Waals surface area contributed by atoms with Gasteiger partial charge in [0.1, 0.15) is 5.82 Å². The van der Waals surface area contributed by atoms with Crippen LogP contribution in [0.1, 0.15) is 11.6 Å². The van der Waals surface area contributed by atoms with Crippen molar-refractivity contribution in [3.8, 4) is 0 Å². The summed E-state index contributed by atoms with van der Waals surface area (Å²) in [7, 11) is 2.07. The molecule has 1 aromatic carbocycles. The molecule has 0 N–H and O–H groups in total. The highest BCUT2D eigenvalue weighted by Gasteiger charge is 2.20. The first-order valence-electron chi connectivity index (χ1n) is 4.81. The van der Waals surface area contributed by atoms with E-state index in [2.05, 4.69) is 11.9 Å². The fourth-order valence-electron chi connectivity index (χ4n) is 1.72. The van der Waals surface area contributed by atoms with E-state index in [4.69, 9.17) is 4.74 Å². The number of ether oxygens (including phenoxy) is 1. The summed E-state index contributed by atoms with van der Waals surface area (Å²) in [5.74, 6) is -0.187. The average Bonchev–Trinajstić information content (AvgIpc) is 2.20. The van der Waals surface area contributed by atoms with Gasteiger partial charge in [-0.25, -0.2) is 4.39 Å². The molecule has 76 valence electrons. The van der Waals surface area contributed by atoms with Crippen LogP contribution in [0.2, 0.25) is 0 Å². The Kier molecular flexibility index (Phi) is 2.79. The molecule has 1 aromatic rings. The van der Waals surface area contributed by atoms with Gasteiger partial charge in [-0.05, 0) is 24.7 Å². The van der Waals surface area contributed by atoms with Gasteiger partial charge in [0, 0.05) is 6.54 Å². The van der Waals surface area contributed by atoms with Crippen molar-refractivity contribution in [3.63, 3.8) is 0 Å². The van der Waals surface area contributed by atoms with Crippen LogP contribution < -0.4 is 0 Å². The maximum Gasteiger partial charge on any atom is 0.123 e. The summed E-state index contributed by atoms with van der Waals surface area (Å²) in [6.07, 6.45) is 0. The van der Waals surface area contributed by atoms with Crippen LogP contribution in [-0.2, 0) is 4.74 Å². The molecule has 1 saturated heterocycles. The van der Waals surface area contributed by atoms with Crippen molar-refractivity contribution in [2.45, 2.75) is 6.04 Å². The molecule has 0 aromatic heterocycles. The minimum absolute atomic E-state index is 0.187. The fourth-order valence-corrected chi connectivity index (χ4v) is 1.72. The van der Waals surface area contributed by atoms with E-state index < -0.39 is 0 Å². The molecule has 0 amide bonds. The number of hydrogen-bond acceptors (Lipinski definition) is 2. The van der Waals surface area contributed by atoms with Gasteiger partial charge in [-0.2, -0.15) is 0 Å². The van der Waals surface area contributed by atoms with E-state index in [1.54, 1.807) is 0 Å². The smallest absolute Gasteiger partial charge is 0.123 e. The molecule has 1 atom stereocenters. The summed E-state index contributed by atoms with van der Waals surface area (Å²) < 4.78 is 18.1. The maximum atomic E-state index is 12.7. The zero-order valence-corrected chi connectivity index (χ0v) is 8.24. The number of benzene rings is 1. The van der Waals surface area contributed by atoms with Crippen molar-refractivity contribution in [1.29, 1.82) is 0 Å². The Hall–Kier alpha value is -0.930. The minimum atomic E-state index is -0.187. The molecule has 1 aliphatic rings. The van der Waals surface area contributed by atoms with Crippen molar-refractivity contribution in [1.82, 2.24) is 4.90 Å². The molecular weight excluding hydrogens is 181 g/mol. The number of rotatable bonds is 1. The van der Waals surface area contributed by atoms with Crippen molar-refractivity contribution < 1.29 is 9.13 Å². The van der Waals surface area contributed by atoms with Gasteiger partial charge in [-0.1, -0.05) is 12.1 Å². The highest BCUT2D eigenvalue weighted by atomic mass is 19.1. The molecule has 0 unspecified atom stereocenters. The first-order valence-corrected chi connectivity index (χ1v) is 4.81. The van der Waals surface area contributed by atoms with Crippen molar-refractivity contribution in [2.75, 3.05) is 26.8 Å². The SMILES string of the molecule is CN1CCOC[C@@H]1c1ccc(F)cc1. The largest absolute Gasteiger partial charge is 0.378 e. The second kappa shape index (κ2) is 4.07. The van der Waals surface area contributed by atoms with Crippen molar-refractivity contribution in [2.24, 2.45) is 0 Å². The molecule has 0 radical (unpaired) electrons. The number of morpholine rings is 1. The molecule has 3 heteroatoms. The van der Waals surface area contributed by atoms with Crippen LogP contribution in [0.4, 0.5) is 4.39 Å². The number of hydrogen-bond donors (Lipinski definition) is 0. The summed E-state index contributed by atoms with van der Waals surface area (Å²) in [5.41, 5.74) is 1.12. The van der Waals surface area contributed by atoms with Crippen LogP contribution in [0.15, 0.2) is 24.3 Å². The van der Waals surface area contributed by atoms with Gasteiger partial charge in [0.05, 0.1) is 19.3 Å². The van der Waals surface area contributed by atoms with E-state index >= 15 is 0 Å². The zero-order valence-electron chi connectivity index (χ0n) is 8.24. The first-order chi connectivity index (χ1) is 6.77.